The number of nitrogens with zero attached hydrogens (tertiary/aromatic N) is 1. The Morgan fingerprint density at radius 1 is 1.14 bits per heavy atom. The van der Waals surface area contributed by atoms with Gasteiger partial charge in [0.05, 0.1) is 0 Å². The molecule has 1 heterocycles. The van der Waals surface area contributed by atoms with Crippen LogP contribution in [-0.4, -0.2) is 17.4 Å². The largest absolute Gasteiger partial charge is 0.364 e. The summed E-state index contributed by atoms with van der Waals surface area (Å²) >= 11 is 0. The molecule has 4 nitrogen and oxygen atoms in total. The van der Waals surface area contributed by atoms with Crippen molar-refractivity contribution in [3.8, 4) is 0 Å². The van der Waals surface area contributed by atoms with E-state index in [0.717, 1.165) is 17.8 Å². The molecule has 0 bridgehead atoms. The van der Waals surface area contributed by atoms with E-state index in [1.807, 2.05) is 42.2 Å². The number of carbonyl (C=O) groups excluding carboxylic acids is 1. The van der Waals surface area contributed by atoms with Crippen molar-refractivity contribution in [2.24, 2.45) is 11.8 Å². The average Bonchev–Trinajstić information content (AvgIpc) is 2.71. The van der Waals surface area contributed by atoms with Crippen LogP contribution in [0.25, 0.3) is 0 Å². The summed E-state index contributed by atoms with van der Waals surface area (Å²) in [7, 11) is 0. The molecule has 2 atom stereocenters. The van der Waals surface area contributed by atoms with Crippen molar-refractivity contribution in [3.05, 3.63) is 64.1 Å². The average molecular weight is 381 g/mol. The zero-order valence-electron chi connectivity index (χ0n) is 17.1. The Kier molecular flexibility index (Phi) is 7.07. The molecule has 0 spiro atoms. The van der Waals surface area contributed by atoms with Crippen molar-refractivity contribution in [2.45, 2.75) is 58.8 Å². The van der Waals surface area contributed by atoms with Crippen LogP contribution < -0.4 is 10.3 Å². The Morgan fingerprint density at radius 3 is 2.54 bits per heavy atom. The van der Waals surface area contributed by atoms with Crippen LogP contribution >= 0.6 is 0 Å². The van der Waals surface area contributed by atoms with E-state index in [1.54, 1.807) is 6.20 Å². The molecular weight excluding hydrogens is 348 g/mol. The Hall–Kier alpha value is -2.36. The van der Waals surface area contributed by atoms with Crippen LogP contribution in [0.1, 0.15) is 67.9 Å². The number of aromatic amines is 1. The summed E-state index contributed by atoms with van der Waals surface area (Å²) in [5.74, 6) is 0.963. The number of hydrogen-bond donors (Lipinski definition) is 1. The van der Waals surface area contributed by atoms with Gasteiger partial charge in [0.25, 0.3) is 5.91 Å². The summed E-state index contributed by atoms with van der Waals surface area (Å²) in [5, 5.41) is 0. The van der Waals surface area contributed by atoms with Crippen molar-refractivity contribution < 1.29 is 4.79 Å². The van der Waals surface area contributed by atoms with Gasteiger partial charge in [-0.05, 0) is 37.3 Å². The van der Waals surface area contributed by atoms with Crippen LogP contribution in [0.3, 0.4) is 0 Å². The van der Waals surface area contributed by atoms with Gasteiger partial charge < -0.3 is 9.88 Å². The van der Waals surface area contributed by atoms with E-state index in [9.17, 15) is 9.59 Å². The van der Waals surface area contributed by atoms with Crippen molar-refractivity contribution >= 4 is 11.6 Å². The third-order valence-corrected chi connectivity index (χ3v) is 6.01. The monoisotopic (exact) mass is 380 g/mol. The Labute approximate surface area is 168 Å². The number of hydrogen-bond acceptors (Lipinski definition) is 2. The van der Waals surface area contributed by atoms with Crippen LogP contribution in [-0.2, 0) is 0 Å². The first kappa shape index (κ1) is 20.4. The smallest absolute Gasteiger partial charge is 0.263 e. The number of nitrogens with one attached hydrogen (secondary N) is 1. The molecule has 1 aliphatic rings. The SMILES string of the molecule is CCCCC1CCCCC1CN(C(=O)c1c[nH]c(C)cc1=O)c1ccccc1. The lowest BCUT2D eigenvalue weighted by Gasteiger charge is -2.36. The minimum atomic E-state index is -0.214. The molecule has 1 aliphatic carbocycles. The van der Waals surface area contributed by atoms with Crippen molar-refractivity contribution in [1.82, 2.24) is 4.98 Å². The number of amides is 1. The maximum atomic E-state index is 13.4. The predicted octanol–water partition coefficient (Wildman–Crippen LogP) is 5.33. The molecule has 2 aromatic rings. The topological polar surface area (TPSA) is 53.2 Å². The van der Waals surface area contributed by atoms with E-state index < -0.39 is 0 Å². The molecule has 1 N–H and O–H groups in total. The highest BCUT2D eigenvalue weighted by atomic mass is 16.2. The number of anilines is 1. The number of rotatable bonds is 7. The molecular formula is C24H32N2O2. The van der Waals surface area contributed by atoms with Gasteiger partial charge >= 0.3 is 0 Å². The number of para-hydroxylation sites is 1. The van der Waals surface area contributed by atoms with Crippen molar-refractivity contribution in [1.29, 1.82) is 0 Å². The van der Waals surface area contributed by atoms with Crippen LogP contribution in [0, 0.1) is 18.8 Å². The minimum Gasteiger partial charge on any atom is -0.364 e. The molecule has 3 rings (SSSR count). The van der Waals surface area contributed by atoms with Gasteiger partial charge in [0.15, 0.2) is 5.43 Å². The fourth-order valence-electron chi connectivity index (χ4n) is 4.40. The van der Waals surface area contributed by atoms with Crippen molar-refractivity contribution in [2.75, 3.05) is 11.4 Å². The third-order valence-electron chi connectivity index (χ3n) is 6.01. The number of pyridine rings is 1. The van der Waals surface area contributed by atoms with Crippen molar-refractivity contribution in [3.63, 3.8) is 0 Å². The van der Waals surface area contributed by atoms with Gasteiger partial charge in [0, 0.05) is 30.2 Å². The van der Waals surface area contributed by atoms with E-state index in [2.05, 4.69) is 11.9 Å². The molecule has 1 amide bonds. The maximum Gasteiger partial charge on any atom is 0.263 e. The molecule has 1 aromatic heterocycles. The van der Waals surface area contributed by atoms with Gasteiger partial charge in [-0.3, -0.25) is 9.59 Å². The molecule has 0 saturated heterocycles. The highest BCUT2D eigenvalue weighted by Crippen LogP contribution is 2.35. The summed E-state index contributed by atoms with van der Waals surface area (Å²) in [6.07, 6.45) is 10.2. The molecule has 1 fully saturated rings. The van der Waals surface area contributed by atoms with Crippen LogP contribution in [0.5, 0.6) is 0 Å². The number of carbonyl (C=O) groups is 1. The third kappa shape index (κ3) is 4.92. The number of benzene rings is 1. The second kappa shape index (κ2) is 9.72. The fraction of sp³-hybridized carbons (Fsp3) is 0.500. The Morgan fingerprint density at radius 2 is 1.86 bits per heavy atom. The fourth-order valence-corrected chi connectivity index (χ4v) is 4.40. The predicted molar refractivity (Wildman–Crippen MR) is 115 cm³/mol. The summed E-state index contributed by atoms with van der Waals surface area (Å²) in [6, 6.07) is 11.3. The zero-order chi connectivity index (χ0) is 19.9. The molecule has 0 aliphatic heterocycles. The van der Waals surface area contributed by atoms with Gasteiger partial charge in [0.2, 0.25) is 0 Å². The lowest BCUT2D eigenvalue weighted by atomic mass is 9.76. The van der Waals surface area contributed by atoms with Gasteiger partial charge in [-0.1, -0.05) is 63.6 Å². The first-order chi connectivity index (χ1) is 13.6. The van der Waals surface area contributed by atoms with E-state index in [-0.39, 0.29) is 16.9 Å². The number of aryl methyl sites for hydroxylation is 1. The van der Waals surface area contributed by atoms with E-state index in [0.29, 0.717) is 18.4 Å². The maximum absolute atomic E-state index is 13.4. The normalized spacial score (nSPS) is 19.4. The van der Waals surface area contributed by atoms with Crippen LogP contribution in [0.2, 0.25) is 0 Å². The summed E-state index contributed by atoms with van der Waals surface area (Å²) < 4.78 is 0. The molecule has 4 heteroatoms. The zero-order valence-corrected chi connectivity index (χ0v) is 17.1. The standard InChI is InChI=1S/C24H32N2O2/c1-3-4-10-19-11-8-9-12-20(19)17-26(21-13-6-5-7-14-21)24(28)22-16-25-18(2)15-23(22)27/h5-7,13-16,19-20H,3-4,8-12,17H2,1-2H3,(H,25,27). The summed E-state index contributed by atoms with van der Waals surface area (Å²) in [5.41, 5.74) is 1.63. The molecule has 28 heavy (non-hydrogen) atoms. The molecule has 1 saturated carbocycles. The lowest BCUT2D eigenvalue weighted by molar-refractivity contribution is 0.0971. The second-order valence-electron chi connectivity index (χ2n) is 8.09. The first-order valence-corrected chi connectivity index (χ1v) is 10.7. The molecule has 0 radical (unpaired) electrons. The van der Waals surface area contributed by atoms with E-state index >= 15 is 0 Å². The van der Waals surface area contributed by atoms with Gasteiger partial charge in [-0.25, -0.2) is 0 Å². The molecule has 2 unspecified atom stereocenters. The number of H-pyrrole nitrogens is 1. The van der Waals surface area contributed by atoms with Gasteiger partial charge in [-0.2, -0.15) is 0 Å². The molecule has 1 aromatic carbocycles. The van der Waals surface area contributed by atoms with E-state index in [1.165, 1.54) is 44.6 Å². The highest BCUT2D eigenvalue weighted by Gasteiger charge is 2.30. The van der Waals surface area contributed by atoms with E-state index in [4.69, 9.17) is 0 Å². The summed E-state index contributed by atoms with van der Waals surface area (Å²) in [4.78, 5) is 30.7. The first-order valence-electron chi connectivity index (χ1n) is 10.7. The van der Waals surface area contributed by atoms with Crippen LogP contribution in [0.15, 0.2) is 47.4 Å². The second-order valence-corrected chi connectivity index (χ2v) is 8.09. The number of aromatic nitrogens is 1. The summed E-state index contributed by atoms with van der Waals surface area (Å²) in [6.45, 7) is 4.75. The minimum absolute atomic E-state index is 0.202. The lowest BCUT2D eigenvalue weighted by Crippen LogP contribution is -2.40. The highest BCUT2D eigenvalue weighted by molar-refractivity contribution is 6.05. The number of unbranched alkanes of at least 4 members (excludes halogenated alkanes) is 1. The molecule has 150 valence electrons. The van der Waals surface area contributed by atoms with Gasteiger partial charge in [-0.15, -0.1) is 0 Å². The Bertz CT molecular complexity index is 828. The van der Waals surface area contributed by atoms with Crippen LogP contribution in [0.4, 0.5) is 5.69 Å². The van der Waals surface area contributed by atoms with Gasteiger partial charge in [0.1, 0.15) is 5.56 Å². The quantitative estimate of drug-likeness (QED) is 0.706. The Balaban J connectivity index is 1.89.